The van der Waals surface area contributed by atoms with E-state index in [1.807, 2.05) is 31.2 Å². The van der Waals surface area contributed by atoms with Crippen LogP contribution in [0.2, 0.25) is 0 Å². The molecule has 0 bridgehead atoms. The summed E-state index contributed by atoms with van der Waals surface area (Å²) in [5, 5.41) is 2.91. The summed E-state index contributed by atoms with van der Waals surface area (Å²) in [7, 11) is 0. The average Bonchev–Trinajstić information content (AvgIpc) is 2.76. The Morgan fingerprint density at radius 3 is 2.56 bits per heavy atom. The molecule has 1 aromatic heterocycles. The first-order valence-electron chi connectivity index (χ1n) is 5.77. The minimum Gasteiger partial charge on any atom is -0.469 e. The zero-order chi connectivity index (χ0) is 13.1. The van der Waals surface area contributed by atoms with Gasteiger partial charge in [-0.15, -0.1) is 0 Å². The van der Waals surface area contributed by atoms with Gasteiger partial charge in [0.2, 0.25) is 0 Å². The van der Waals surface area contributed by atoms with Gasteiger partial charge < -0.3 is 15.5 Å². The lowest BCUT2D eigenvalue weighted by Crippen LogP contribution is -2.26. The highest BCUT2D eigenvalue weighted by Crippen LogP contribution is 2.15. The third kappa shape index (κ3) is 2.71. The number of rotatable bonds is 3. The Morgan fingerprint density at radius 1 is 1.33 bits per heavy atom. The van der Waals surface area contributed by atoms with E-state index >= 15 is 0 Å². The minimum absolute atomic E-state index is 0.0756. The summed E-state index contributed by atoms with van der Waals surface area (Å²) in [5.41, 5.74) is 7.88. The Morgan fingerprint density at radius 2 is 2.00 bits per heavy atom. The Labute approximate surface area is 106 Å². The predicted octanol–water partition coefficient (Wildman–Crippen LogP) is 2.66. The molecular formula is C14H16N2O2. The van der Waals surface area contributed by atoms with Crippen molar-refractivity contribution in [1.82, 2.24) is 5.32 Å². The second-order valence-corrected chi connectivity index (χ2v) is 4.31. The zero-order valence-electron chi connectivity index (χ0n) is 10.4. The fraction of sp³-hybridized carbons (Fsp3) is 0.214. The molecule has 0 spiro atoms. The van der Waals surface area contributed by atoms with Crippen LogP contribution in [0, 0.1) is 6.92 Å². The Bertz CT molecular complexity index is 543. The van der Waals surface area contributed by atoms with Crippen LogP contribution in [0.15, 0.2) is 41.0 Å². The van der Waals surface area contributed by atoms with Gasteiger partial charge in [0, 0.05) is 5.69 Å². The van der Waals surface area contributed by atoms with E-state index in [9.17, 15) is 4.79 Å². The van der Waals surface area contributed by atoms with Crippen molar-refractivity contribution in [1.29, 1.82) is 0 Å². The maximum atomic E-state index is 11.9. The number of hydrogen-bond donors (Lipinski definition) is 2. The summed E-state index contributed by atoms with van der Waals surface area (Å²) in [6.07, 6.45) is 1.46. The molecule has 0 saturated heterocycles. The van der Waals surface area contributed by atoms with Gasteiger partial charge in [0.1, 0.15) is 12.0 Å². The largest absolute Gasteiger partial charge is 0.469 e. The number of carbonyl (C=O) groups excluding carboxylic acids is 1. The molecule has 2 aromatic rings. The van der Waals surface area contributed by atoms with Crippen LogP contribution in [0.5, 0.6) is 0 Å². The van der Waals surface area contributed by atoms with Crippen LogP contribution in [0.25, 0.3) is 0 Å². The van der Waals surface area contributed by atoms with Crippen LogP contribution >= 0.6 is 0 Å². The highest BCUT2D eigenvalue weighted by atomic mass is 16.3. The molecule has 0 aliphatic heterocycles. The molecule has 0 aliphatic carbocycles. The summed E-state index contributed by atoms with van der Waals surface area (Å²) in [5.74, 6) is 0.580. The van der Waals surface area contributed by atoms with Gasteiger partial charge in [-0.05, 0) is 37.6 Å². The average molecular weight is 244 g/mol. The molecule has 3 N–H and O–H groups in total. The molecule has 1 heterocycles. The standard InChI is InChI=1S/C14H16N2O2/c1-9-7-12(8-18-9)14(17)16-10(2)11-3-5-13(15)6-4-11/h3-8,10H,15H2,1-2H3,(H,16,17). The molecule has 4 nitrogen and oxygen atoms in total. The van der Waals surface area contributed by atoms with Crippen LogP contribution < -0.4 is 11.1 Å². The number of nitrogens with one attached hydrogen (secondary N) is 1. The number of amides is 1. The number of anilines is 1. The SMILES string of the molecule is Cc1cc(C(=O)NC(C)c2ccc(N)cc2)co1. The first kappa shape index (κ1) is 12.2. The molecule has 0 aliphatic rings. The van der Waals surface area contributed by atoms with Crippen LogP contribution in [-0.4, -0.2) is 5.91 Å². The van der Waals surface area contributed by atoms with Crippen molar-refractivity contribution in [3.63, 3.8) is 0 Å². The van der Waals surface area contributed by atoms with E-state index in [1.165, 1.54) is 6.26 Å². The number of aryl methyl sites for hydroxylation is 1. The molecule has 4 heteroatoms. The van der Waals surface area contributed by atoms with E-state index in [1.54, 1.807) is 13.0 Å². The first-order valence-corrected chi connectivity index (χ1v) is 5.77. The van der Waals surface area contributed by atoms with Crippen LogP contribution in [-0.2, 0) is 0 Å². The maximum absolute atomic E-state index is 11.9. The van der Waals surface area contributed by atoms with Gasteiger partial charge in [-0.25, -0.2) is 0 Å². The molecule has 2 rings (SSSR count). The van der Waals surface area contributed by atoms with E-state index in [2.05, 4.69) is 5.32 Å². The number of nitrogens with two attached hydrogens (primary N) is 1. The summed E-state index contributed by atoms with van der Waals surface area (Å²) in [4.78, 5) is 11.9. The molecule has 0 fully saturated rings. The molecule has 1 aromatic carbocycles. The van der Waals surface area contributed by atoms with E-state index in [-0.39, 0.29) is 11.9 Å². The van der Waals surface area contributed by atoms with Crippen LogP contribution in [0.3, 0.4) is 0 Å². The third-order valence-electron chi connectivity index (χ3n) is 2.78. The van der Waals surface area contributed by atoms with Gasteiger partial charge in [0.25, 0.3) is 5.91 Å². The zero-order valence-corrected chi connectivity index (χ0v) is 10.4. The molecule has 1 amide bonds. The summed E-state index contributed by atoms with van der Waals surface area (Å²) in [6, 6.07) is 9.08. The first-order chi connectivity index (χ1) is 8.56. The van der Waals surface area contributed by atoms with E-state index in [0.717, 1.165) is 11.3 Å². The van der Waals surface area contributed by atoms with Crippen molar-refractivity contribution in [2.75, 3.05) is 5.73 Å². The van der Waals surface area contributed by atoms with Gasteiger partial charge in [0.05, 0.1) is 11.6 Å². The smallest absolute Gasteiger partial charge is 0.255 e. The summed E-state index contributed by atoms with van der Waals surface area (Å²) < 4.78 is 5.11. The van der Waals surface area contributed by atoms with Crippen LogP contribution in [0.1, 0.15) is 34.6 Å². The Kier molecular flexibility index (Phi) is 3.37. The number of furan rings is 1. The van der Waals surface area contributed by atoms with E-state index in [4.69, 9.17) is 10.2 Å². The van der Waals surface area contributed by atoms with Crippen LogP contribution in [0.4, 0.5) is 5.69 Å². The molecule has 1 unspecified atom stereocenters. The highest BCUT2D eigenvalue weighted by molar-refractivity contribution is 5.94. The quantitative estimate of drug-likeness (QED) is 0.815. The van der Waals surface area contributed by atoms with Crippen molar-refractivity contribution >= 4 is 11.6 Å². The third-order valence-corrected chi connectivity index (χ3v) is 2.78. The molecule has 94 valence electrons. The lowest BCUT2D eigenvalue weighted by atomic mass is 10.1. The van der Waals surface area contributed by atoms with Gasteiger partial charge >= 0.3 is 0 Å². The van der Waals surface area contributed by atoms with E-state index in [0.29, 0.717) is 11.3 Å². The molecular weight excluding hydrogens is 228 g/mol. The van der Waals surface area contributed by atoms with Gasteiger partial charge in [-0.2, -0.15) is 0 Å². The van der Waals surface area contributed by atoms with Gasteiger partial charge in [0.15, 0.2) is 0 Å². The highest BCUT2D eigenvalue weighted by Gasteiger charge is 2.12. The Hall–Kier alpha value is -2.23. The number of benzene rings is 1. The number of nitrogen functional groups attached to an aromatic ring is 1. The number of carbonyl (C=O) groups is 1. The Balaban J connectivity index is 2.05. The number of hydrogen-bond acceptors (Lipinski definition) is 3. The van der Waals surface area contributed by atoms with Crippen molar-refractivity contribution in [2.45, 2.75) is 19.9 Å². The molecule has 0 saturated carbocycles. The topological polar surface area (TPSA) is 68.3 Å². The van der Waals surface area contributed by atoms with Crippen molar-refractivity contribution in [3.05, 3.63) is 53.5 Å². The lowest BCUT2D eigenvalue weighted by Gasteiger charge is -2.13. The van der Waals surface area contributed by atoms with E-state index < -0.39 is 0 Å². The van der Waals surface area contributed by atoms with Gasteiger partial charge in [-0.1, -0.05) is 12.1 Å². The molecule has 1 atom stereocenters. The predicted molar refractivity (Wildman–Crippen MR) is 70.2 cm³/mol. The van der Waals surface area contributed by atoms with Crippen molar-refractivity contribution < 1.29 is 9.21 Å². The van der Waals surface area contributed by atoms with Crippen molar-refractivity contribution in [3.8, 4) is 0 Å². The normalized spacial score (nSPS) is 12.1. The van der Waals surface area contributed by atoms with Crippen molar-refractivity contribution in [2.24, 2.45) is 0 Å². The molecule has 0 radical (unpaired) electrons. The fourth-order valence-electron chi connectivity index (χ4n) is 1.71. The van der Waals surface area contributed by atoms with Gasteiger partial charge in [-0.3, -0.25) is 4.79 Å². The molecule has 18 heavy (non-hydrogen) atoms. The summed E-state index contributed by atoms with van der Waals surface area (Å²) in [6.45, 7) is 3.73. The minimum atomic E-state index is -0.142. The monoisotopic (exact) mass is 244 g/mol. The lowest BCUT2D eigenvalue weighted by molar-refractivity contribution is 0.0939. The maximum Gasteiger partial charge on any atom is 0.255 e. The second kappa shape index (κ2) is 4.96. The summed E-state index contributed by atoms with van der Waals surface area (Å²) >= 11 is 0. The fourth-order valence-corrected chi connectivity index (χ4v) is 1.71. The second-order valence-electron chi connectivity index (χ2n) is 4.31.